The lowest BCUT2D eigenvalue weighted by Gasteiger charge is -2.07. The van der Waals surface area contributed by atoms with Gasteiger partial charge in [0.1, 0.15) is 5.82 Å². The maximum atomic E-state index is 13.2. The minimum atomic E-state index is -0.719. The number of nitrogens with one attached hydrogen (secondary N) is 1. The molecule has 0 fully saturated rings. The van der Waals surface area contributed by atoms with E-state index in [-0.39, 0.29) is 11.7 Å². The Balaban J connectivity index is 1.64. The number of aromatic nitrogens is 2. The van der Waals surface area contributed by atoms with Crippen molar-refractivity contribution in [3.63, 3.8) is 0 Å². The van der Waals surface area contributed by atoms with Crippen LogP contribution in [0, 0.1) is 5.82 Å². The highest BCUT2D eigenvalue weighted by Gasteiger charge is 2.29. The van der Waals surface area contributed by atoms with Crippen LogP contribution in [0.1, 0.15) is 12.0 Å². The van der Waals surface area contributed by atoms with Crippen molar-refractivity contribution >= 4 is 17.3 Å². The van der Waals surface area contributed by atoms with Crippen LogP contribution < -0.4 is 5.32 Å². The van der Waals surface area contributed by atoms with Crippen molar-refractivity contribution < 1.29 is 14.0 Å². The minimum absolute atomic E-state index is 0.301. The van der Waals surface area contributed by atoms with E-state index in [9.17, 15) is 9.18 Å². The number of carbonyl (C=O) groups excluding carboxylic acids is 1. The third-order valence-electron chi connectivity index (χ3n) is 3.09. The standard InChI is InChI=1S/C14H13FN4O2/c1-19-8-11(7-16-19)17-14(20)13-6-12(18-21-13)9-3-2-4-10(15)5-9/h2-5,7-8,13H,6H2,1H3,(H,17,20). The van der Waals surface area contributed by atoms with Crippen molar-refractivity contribution in [2.75, 3.05) is 5.32 Å². The van der Waals surface area contributed by atoms with Crippen LogP contribution in [0.25, 0.3) is 0 Å². The summed E-state index contributed by atoms with van der Waals surface area (Å²) in [6.07, 6.45) is 2.81. The van der Waals surface area contributed by atoms with Crippen molar-refractivity contribution in [3.8, 4) is 0 Å². The fourth-order valence-electron chi connectivity index (χ4n) is 2.07. The summed E-state index contributed by atoms with van der Waals surface area (Å²) in [5.41, 5.74) is 1.76. The first kappa shape index (κ1) is 13.3. The molecule has 21 heavy (non-hydrogen) atoms. The molecule has 2 aromatic rings. The summed E-state index contributed by atoms with van der Waals surface area (Å²) in [4.78, 5) is 17.2. The molecule has 0 bridgehead atoms. The Morgan fingerprint density at radius 1 is 1.52 bits per heavy atom. The third kappa shape index (κ3) is 2.91. The number of benzene rings is 1. The molecule has 0 spiro atoms. The zero-order valence-corrected chi connectivity index (χ0v) is 11.3. The van der Waals surface area contributed by atoms with Gasteiger partial charge in [-0.05, 0) is 12.1 Å². The molecule has 7 heteroatoms. The SMILES string of the molecule is Cn1cc(NC(=O)C2CC(c3cccc(F)c3)=NO2)cn1. The Morgan fingerprint density at radius 2 is 2.38 bits per heavy atom. The predicted molar refractivity (Wildman–Crippen MR) is 74.3 cm³/mol. The quantitative estimate of drug-likeness (QED) is 0.934. The Kier molecular flexibility index (Phi) is 3.39. The fraction of sp³-hybridized carbons (Fsp3) is 0.214. The van der Waals surface area contributed by atoms with Gasteiger partial charge in [0.15, 0.2) is 0 Å². The predicted octanol–water partition coefficient (Wildman–Crippen LogP) is 1.69. The van der Waals surface area contributed by atoms with Crippen LogP contribution in [0.15, 0.2) is 41.8 Å². The average molecular weight is 288 g/mol. The summed E-state index contributed by atoms with van der Waals surface area (Å²) >= 11 is 0. The molecular weight excluding hydrogens is 275 g/mol. The Bertz CT molecular complexity index is 711. The summed E-state index contributed by atoms with van der Waals surface area (Å²) in [5.74, 6) is -0.656. The molecule has 1 aromatic carbocycles. The number of hydrogen-bond acceptors (Lipinski definition) is 4. The summed E-state index contributed by atoms with van der Waals surface area (Å²) in [5, 5.41) is 10.5. The summed E-state index contributed by atoms with van der Waals surface area (Å²) < 4.78 is 14.8. The summed E-state index contributed by atoms with van der Waals surface area (Å²) in [6, 6.07) is 6.04. The molecule has 6 nitrogen and oxygen atoms in total. The lowest BCUT2D eigenvalue weighted by molar-refractivity contribution is -0.125. The number of nitrogens with zero attached hydrogens (tertiary/aromatic N) is 3. The number of hydrogen-bond donors (Lipinski definition) is 1. The second kappa shape index (κ2) is 5.35. The van der Waals surface area contributed by atoms with Crippen LogP contribution in [-0.4, -0.2) is 27.5 Å². The van der Waals surface area contributed by atoms with Crippen molar-refractivity contribution in [1.82, 2.24) is 9.78 Å². The van der Waals surface area contributed by atoms with E-state index in [0.717, 1.165) is 0 Å². The van der Waals surface area contributed by atoms with Gasteiger partial charge in [0.25, 0.3) is 5.91 Å². The van der Waals surface area contributed by atoms with Gasteiger partial charge in [-0.15, -0.1) is 0 Å². The number of carbonyl (C=O) groups is 1. The number of rotatable bonds is 3. The van der Waals surface area contributed by atoms with E-state index in [4.69, 9.17) is 4.84 Å². The smallest absolute Gasteiger partial charge is 0.268 e. The van der Waals surface area contributed by atoms with Crippen LogP contribution >= 0.6 is 0 Å². The van der Waals surface area contributed by atoms with Gasteiger partial charge < -0.3 is 10.2 Å². The average Bonchev–Trinajstić information content (AvgIpc) is 3.08. The van der Waals surface area contributed by atoms with E-state index in [1.807, 2.05) is 0 Å². The molecule has 0 aliphatic carbocycles. The van der Waals surface area contributed by atoms with Gasteiger partial charge in [-0.25, -0.2) is 4.39 Å². The molecule has 1 aliphatic heterocycles. The van der Waals surface area contributed by atoms with Crippen LogP contribution in [0.4, 0.5) is 10.1 Å². The fourth-order valence-corrected chi connectivity index (χ4v) is 2.07. The second-order valence-corrected chi connectivity index (χ2v) is 4.74. The highest BCUT2D eigenvalue weighted by molar-refractivity contribution is 6.06. The molecule has 0 saturated heterocycles. The first-order chi connectivity index (χ1) is 10.1. The molecule has 2 heterocycles. The van der Waals surface area contributed by atoms with E-state index >= 15 is 0 Å². The highest BCUT2D eigenvalue weighted by atomic mass is 19.1. The molecule has 0 saturated carbocycles. The maximum Gasteiger partial charge on any atom is 0.268 e. The molecule has 1 unspecified atom stereocenters. The molecule has 1 amide bonds. The monoisotopic (exact) mass is 288 g/mol. The first-order valence-corrected chi connectivity index (χ1v) is 6.40. The zero-order valence-electron chi connectivity index (χ0n) is 11.3. The minimum Gasteiger partial charge on any atom is -0.382 e. The van der Waals surface area contributed by atoms with E-state index < -0.39 is 6.10 Å². The zero-order chi connectivity index (χ0) is 14.8. The number of amides is 1. The van der Waals surface area contributed by atoms with E-state index in [0.29, 0.717) is 23.4 Å². The number of oxime groups is 1. The van der Waals surface area contributed by atoms with Crippen LogP contribution in [0.2, 0.25) is 0 Å². The van der Waals surface area contributed by atoms with Gasteiger partial charge in [0.05, 0.1) is 17.6 Å². The second-order valence-electron chi connectivity index (χ2n) is 4.74. The van der Waals surface area contributed by atoms with Crippen LogP contribution in [0.5, 0.6) is 0 Å². The Labute approximate surface area is 120 Å². The summed E-state index contributed by atoms with van der Waals surface area (Å²) in [7, 11) is 1.76. The van der Waals surface area contributed by atoms with Gasteiger partial charge in [-0.1, -0.05) is 17.3 Å². The molecule has 3 rings (SSSR count). The topological polar surface area (TPSA) is 68.5 Å². The van der Waals surface area contributed by atoms with E-state index in [1.54, 1.807) is 36.3 Å². The van der Waals surface area contributed by atoms with Crippen molar-refractivity contribution in [1.29, 1.82) is 0 Å². The normalized spacial score (nSPS) is 17.2. The molecule has 0 radical (unpaired) electrons. The number of aryl methyl sites for hydroxylation is 1. The molecule has 1 N–H and O–H groups in total. The van der Waals surface area contributed by atoms with Crippen LogP contribution in [0.3, 0.4) is 0 Å². The lowest BCUT2D eigenvalue weighted by Crippen LogP contribution is -2.27. The van der Waals surface area contributed by atoms with Gasteiger partial charge in [0.2, 0.25) is 6.10 Å². The largest absolute Gasteiger partial charge is 0.382 e. The van der Waals surface area contributed by atoms with Gasteiger partial charge in [-0.2, -0.15) is 5.10 Å². The van der Waals surface area contributed by atoms with Crippen molar-refractivity contribution in [3.05, 3.63) is 48.0 Å². The third-order valence-corrected chi connectivity index (χ3v) is 3.09. The van der Waals surface area contributed by atoms with Gasteiger partial charge in [0, 0.05) is 25.2 Å². The Morgan fingerprint density at radius 3 is 3.10 bits per heavy atom. The first-order valence-electron chi connectivity index (χ1n) is 6.40. The lowest BCUT2D eigenvalue weighted by atomic mass is 10.0. The highest BCUT2D eigenvalue weighted by Crippen LogP contribution is 2.18. The van der Waals surface area contributed by atoms with Crippen molar-refractivity contribution in [2.24, 2.45) is 12.2 Å². The van der Waals surface area contributed by atoms with Crippen LogP contribution in [-0.2, 0) is 16.7 Å². The maximum absolute atomic E-state index is 13.2. The molecular formula is C14H13FN4O2. The summed E-state index contributed by atoms with van der Waals surface area (Å²) in [6.45, 7) is 0. The van der Waals surface area contributed by atoms with Gasteiger partial charge >= 0.3 is 0 Å². The number of halogens is 1. The molecule has 1 aliphatic rings. The van der Waals surface area contributed by atoms with E-state index in [1.165, 1.54) is 12.1 Å². The van der Waals surface area contributed by atoms with Gasteiger partial charge in [-0.3, -0.25) is 9.48 Å². The Hall–Kier alpha value is -2.70. The van der Waals surface area contributed by atoms with E-state index in [2.05, 4.69) is 15.6 Å². The molecule has 1 aromatic heterocycles. The van der Waals surface area contributed by atoms with Crippen molar-refractivity contribution in [2.45, 2.75) is 12.5 Å². The molecule has 1 atom stereocenters. The number of anilines is 1. The molecule has 108 valence electrons.